The summed E-state index contributed by atoms with van der Waals surface area (Å²) in [6, 6.07) is -0.824. The molecule has 0 aromatic rings. The third kappa shape index (κ3) is 5.88. The van der Waals surface area contributed by atoms with Crippen LogP contribution in [0.3, 0.4) is 0 Å². The van der Waals surface area contributed by atoms with Crippen LogP contribution in [0.4, 0.5) is 0 Å². The van der Waals surface area contributed by atoms with E-state index in [1.165, 1.54) is 0 Å². The number of carbonyl (C=O) groups is 2. The van der Waals surface area contributed by atoms with Gasteiger partial charge in [-0.2, -0.15) is 0 Å². The number of amides is 1. The van der Waals surface area contributed by atoms with Crippen molar-refractivity contribution in [1.29, 1.82) is 0 Å². The maximum absolute atomic E-state index is 11.3. The lowest BCUT2D eigenvalue weighted by Crippen LogP contribution is -2.42. The predicted molar refractivity (Wildman–Crippen MR) is 58.5 cm³/mol. The Hall–Kier alpha value is -1.32. The minimum atomic E-state index is -0.999. The maximum Gasteiger partial charge on any atom is 0.326 e. The molecule has 0 radical (unpaired) electrons. The Labute approximate surface area is 90.4 Å². The monoisotopic (exact) mass is 213 g/mol. The smallest absolute Gasteiger partial charge is 0.326 e. The van der Waals surface area contributed by atoms with Crippen molar-refractivity contribution in [1.82, 2.24) is 5.32 Å². The lowest BCUT2D eigenvalue weighted by atomic mass is 10.1. The van der Waals surface area contributed by atoms with Crippen molar-refractivity contribution in [2.45, 2.75) is 40.2 Å². The third-order valence-corrected chi connectivity index (χ3v) is 1.90. The summed E-state index contributed by atoms with van der Waals surface area (Å²) in [7, 11) is 0. The number of carboxylic acid groups (broad SMARTS) is 1. The van der Waals surface area contributed by atoms with Gasteiger partial charge in [-0.1, -0.05) is 25.5 Å². The molecule has 0 spiro atoms. The summed E-state index contributed by atoms with van der Waals surface area (Å²) in [5.41, 5.74) is 1.04. The number of carbonyl (C=O) groups excluding carboxylic acids is 1. The molecule has 0 aliphatic rings. The first-order valence-corrected chi connectivity index (χ1v) is 5.01. The van der Waals surface area contributed by atoms with E-state index < -0.39 is 12.0 Å². The molecule has 0 aromatic heterocycles. The number of hydrogen-bond acceptors (Lipinski definition) is 2. The molecule has 0 aliphatic carbocycles. The number of aliphatic carboxylic acids is 1. The largest absolute Gasteiger partial charge is 0.480 e. The van der Waals surface area contributed by atoms with E-state index in [4.69, 9.17) is 5.11 Å². The van der Waals surface area contributed by atoms with Gasteiger partial charge in [-0.15, -0.1) is 0 Å². The van der Waals surface area contributed by atoms with Gasteiger partial charge in [0.05, 0.1) is 0 Å². The summed E-state index contributed by atoms with van der Waals surface area (Å²) in [5, 5.41) is 11.4. The van der Waals surface area contributed by atoms with Gasteiger partial charge in [0, 0.05) is 5.92 Å². The molecule has 4 heteroatoms. The van der Waals surface area contributed by atoms with Crippen molar-refractivity contribution in [3.8, 4) is 0 Å². The molecule has 86 valence electrons. The fourth-order valence-corrected chi connectivity index (χ4v) is 0.913. The summed E-state index contributed by atoms with van der Waals surface area (Å²) in [6.07, 6.45) is 2.13. The highest BCUT2D eigenvalue weighted by molar-refractivity contribution is 5.84. The minimum Gasteiger partial charge on any atom is -0.480 e. The number of carboxylic acids is 1. The van der Waals surface area contributed by atoms with Crippen LogP contribution in [0.15, 0.2) is 11.6 Å². The van der Waals surface area contributed by atoms with Crippen LogP contribution in [0.1, 0.15) is 34.1 Å². The van der Waals surface area contributed by atoms with Gasteiger partial charge in [0.1, 0.15) is 6.04 Å². The van der Waals surface area contributed by atoms with E-state index in [0.29, 0.717) is 6.42 Å². The molecular formula is C11H19NO3. The molecule has 0 bridgehead atoms. The summed E-state index contributed by atoms with van der Waals surface area (Å²) >= 11 is 0. The molecule has 0 unspecified atom stereocenters. The maximum atomic E-state index is 11.3. The van der Waals surface area contributed by atoms with Crippen LogP contribution in [-0.2, 0) is 9.59 Å². The fraction of sp³-hybridized carbons (Fsp3) is 0.636. The first-order valence-electron chi connectivity index (χ1n) is 5.01. The number of nitrogens with one attached hydrogen (secondary N) is 1. The van der Waals surface area contributed by atoms with Crippen molar-refractivity contribution in [2.24, 2.45) is 5.92 Å². The summed E-state index contributed by atoms with van der Waals surface area (Å²) in [6.45, 7) is 7.25. The molecule has 0 aliphatic heterocycles. The summed E-state index contributed by atoms with van der Waals surface area (Å²) < 4.78 is 0. The average molecular weight is 213 g/mol. The van der Waals surface area contributed by atoms with Gasteiger partial charge in [0.25, 0.3) is 0 Å². The van der Waals surface area contributed by atoms with Crippen molar-refractivity contribution in [2.75, 3.05) is 0 Å². The molecule has 2 N–H and O–H groups in total. The molecule has 0 aromatic carbocycles. The molecule has 0 heterocycles. The van der Waals surface area contributed by atoms with Crippen LogP contribution in [0.25, 0.3) is 0 Å². The standard InChI is InChI=1S/C11H19NO3/c1-7(2)5-6-9(11(14)15)12-10(13)8(3)4/h5,8-9H,6H2,1-4H3,(H,12,13)(H,14,15)/t9-/m0/s1. The second-order valence-electron chi connectivity index (χ2n) is 4.07. The van der Waals surface area contributed by atoms with E-state index in [9.17, 15) is 9.59 Å². The second kappa shape index (κ2) is 6.22. The van der Waals surface area contributed by atoms with Crippen molar-refractivity contribution >= 4 is 11.9 Å². The third-order valence-electron chi connectivity index (χ3n) is 1.90. The van der Waals surface area contributed by atoms with E-state index >= 15 is 0 Å². The second-order valence-corrected chi connectivity index (χ2v) is 4.07. The lowest BCUT2D eigenvalue weighted by molar-refractivity contribution is -0.142. The molecule has 0 saturated heterocycles. The van der Waals surface area contributed by atoms with Gasteiger partial charge in [-0.25, -0.2) is 4.79 Å². The zero-order valence-electron chi connectivity index (χ0n) is 9.70. The highest BCUT2D eigenvalue weighted by Crippen LogP contribution is 2.01. The Morgan fingerprint density at radius 1 is 1.33 bits per heavy atom. The zero-order valence-corrected chi connectivity index (χ0v) is 9.70. The highest BCUT2D eigenvalue weighted by atomic mass is 16.4. The molecular weight excluding hydrogens is 194 g/mol. The Balaban J connectivity index is 4.36. The molecule has 15 heavy (non-hydrogen) atoms. The Morgan fingerprint density at radius 3 is 2.20 bits per heavy atom. The first kappa shape index (κ1) is 13.7. The molecule has 0 fully saturated rings. The van der Waals surface area contributed by atoms with Gasteiger partial charge in [0.2, 0.25) is 5.91 Å². The zero-order chi connectivity index (χ0) is 12.0. The van der Waals surface area contributed by atoms with E-state index in [0.717, 1.165) is 5.57 Å². The molecule has 0 saturated carbocycles. The topological polar surface area (TPSA) is 66.4 Å². The van der Waals surface area contributed by atoms with E-state index in [2.05, 4.69) is 5.32 Å². The van der Waals surface area contributed by atoms with Gasteiger partial charge >= 0.3 is 5.97 Å². The average Bonchev–Trinajstić information content (AvgIpc) is 2.10. The fourth-order valence-electron chi connectivity index (χ4n) is 0.913. The van der Waals surface area contributed by atoms with Gasteiger partial charge in [0.15, 0.2) is 0 Å². The number of hydrogen-bond donors (Lipinski definition) is 2. The Kier molecular flexibility index (Phi) is 5.67. The number of rotatable bonds is 5. The molecule has 4 nitrogen and oxygen atoms in total. The van der Waals surface area contributed by atoms with Crippen molar-refractivity contribution < 1.29 is 14.7 Å². The highest BCUT2D eigenvalue weighted by Gasteiger charge is 2.19. The van der Waals surface area contributed by atoms with Crippen LogP contribution in [0.5, 0.6) is 0 Å². The quantitative estimate of drug-likeness (QED) is 0.681. The first-order chi connectivity index (χ1) is 6.84. The van der Waals surface area contributed by atoms with Gasteiger partial charge < -0.3 is 10.4 Å². The van der Waals surface area contributed by atoms with Crippen molar-refractivity contribution in [3.63, 3.8) is 0 Å². The predicted octanol–water partition coefficient (Wildman–Crippen LogP) is 1.57. The van der Waals surface area contributed by atoms with Crippen molar-refractivity contribution in [3.05, 3.63) is 11.6 Å². The normalized spacial score (nSPS) is 12.1. The minimum absolute atomic E-state index is 0.196. The summed E-state index contributed by atoms with van der Waals surface area (Å²) in [5.74, 6) is -1.43. The van der Waals surface area contributed by atoms with Gasteiger partial charge in [-0.05, 0) is 20.3 Å². The van der Waals surface area contributed by atoms with E-state index in [1.807, 2.05) is 13.8 Å². The lowest BCUT2D eigenvalue weighted by Gasteiger charge is -2.14. The van der Waals surface area contributed by atoms with E-state index in [1.54, 1.807) is 19.9 Å². The van der Waals surface area contributed by atoms with Crippen LogP contribution in [0, 0.1) is 5.92 Å². The Bertz CT molecular complexity index is 265. The van der Waals surface area contributed by atoms with Crippen LogP contribution < -0.4 is 5.32 Å². The van der Waals surface area contributed by atoms with Crippen LogP contribution in [0.2, 0.25) is 0 Å². The Morgan fingerprint density at radius 2 is 1.87 bits per heavy atom. The summed E-state index contributed by atoms with van der Waals surface area (Å²) in [4.78, 5) is 22.1. The van der Waals surface area contributed by atoms with Crippen LogP contribution in [-0.4, -0.2) is 23.0 Å². The van der Waals surface area contributed by atoms with Gasteiger partial charge in [-0.3, -0.25) is 4.79 Å². The molecule has 0 rings (SSSR count). The SMILES string of the molecule is CC(C)=CC[C@H](NC(=O)C(C)C)C(=O)O. The van der Waals surface area contributed by atoms with E-state index in [-0.39, 0.29) is 11.8 Å². The number of allylic oxidation sites excluding steroid dienone is 1. The van der Waals surface area contributed by atoms with Crippen LogP contribution >= 0.6 is 0 Å². The molecule has 1 amide bonds. The molecule has 1 atom stereocenters.